The number of fused-ring (bicyclic) bond motifs is 1. The molecule has 0 saturated carbocycles. The molecule has 7 rings (SSSR count). The van der Waals surface area contributed by atoms with Gasteiger partial charge in [-0.2, -0.15) is 5.26 Å². The van der Waals surface area contributed by atoms with Gasteiger partial charge in [0, 0.05) is 88.8 Å². The first kappa shape index (κ1) is 64.3. The molecule has 2 aliphatic rings. The van der Waals surface area contributed by atoms with Crippen molar-refractivity contribution in [2.75, 3.05) is 65.4 Å². The van der Waals surface area contributed by atoms with Crippen molar-refractivity contribution in [3.8, 4) is 33.8 Å². The molecule has 0 spiro atoms. The van der Waals surface area contributed by atoms with Crippen molar-refractivity contribution < 1.29 is 38.5 Å². The van der Waals surface area contributed by atoms with Crippen molar-refractivity contribution in [3.05, 3.63) is 87.1 Å². The zero-order valence-corrected chi connectivity index (χ0v) is 51.5. The van der Waals surface area contributed by atoms with Gasteiger partial charge in [0.2, 0.25) is 23.6 Å². The largest absolute Gasteiger partial charge is 0.495 e. The number of thiazole rings is 1. The van der Waals surface area contributed by atoms with E-state index < -0.39 is 23.6 Å². The number of hydrogen-bond acceptors (Lipinski definition) is 14. The summed E-state index contributed by atoms with van der Waals surface area (Å²) >= 11 is 14.4. The van der Waals surface area contributed by atoms with Gasteiger partial charge in [0.05, 0.1) is 75.5 Å². The first-order valence-corrected chi connectivity index (χ1v) is 31.0. The SMILES string of the molecule is COc1cc(Nc2c(C#N)cnc3cc(OCCCN4CCN(C(=O)CCCCCCCCCCCCCCC(=O)N[C@H](C(=O)N5CC(O)CC5C(=O)NCc5ccc(-c6scnc6C)cc5)C(C)(C)C)CC4)c(OC)cc23)c(Cl)cc1Cl. The number of aryl methyl sites for hydroxylation is 1. The van der Waals surface area contributed by atoms with E-state index in [1.54, 1.807) is 36.6 Å². The van der Waals surface area contributed by atoms with E-state index >= 15 is 0 Å². The van der Waals surface area contributed by atoms with E-state index in [2.05, 4.69) is 36.9 Å². The van der Waals surface area contributed by atoms with Gasteiger partial charge in [0.15, 0.2) is 11.5 Å². The quantitative estimate of drug-likeness (QED) is 0.0316. The number of amides is 4. The van der Waals surface area contributed by atoms with E-state index in [0.29, 0.717) is 74.6 Å². The molecule has 5 aromatic rings. The number of carbonyl (C=O) groups excluding carboxylic acids is 4. The Morgan fingerprint density at radius 2 is 1.47 bits per heavy atom. The number of aromatic nitrogens is 2. The highest BCUT2D eigenvalue weighted by Gasteiger charge is 2.44. The second kappa shape index (κ2) is 31.6. The lowest BCUT2D eigenvalue weighted by molar-refractivity contribution is -0.144. The maximum absolute atomic E-state index is 14.0. The Balaban J connectivity index is 0.696. The summed E-state index contributed by atoms with van der Waals surface area (Å²) in [5, 5.41) is 31.2. The van der Waals surface area contributed by atoms with Gasteiger partial charge in [-0.15, -0.1) is 11.3 Å². The Bertz CT molecular complexity index is 3010. The van der Waals surface area contributed by atoms with Crippen LogP contribution in [0.1, 0.15) is 140 Å². The van der Waals surface area contributed by atoms with E-state index in [0.717, 1.165) is 106 Å². The average Bonchev–Trinajstić information content (AvgIpc) is 4.26. The fraction of sp³-hybridized carbons (Fsp3) is 0.540. The van der Waals surface area contributed by atoms with Gasteiger partial charge in [0.1, 0.15) is 23.9 Å². The molecule has 17 nitrogen and oxygen atoms in total. The zero-order chi connectivity index (χ0) is 59.5. The molecular weight excluding hydrogens is 1110 g/mol. The van der Waals surface area contributed by atoms with Crippen LogP contribution >= 0.6 is 34.5 Å². The van der Waals surface area contributed by atoms with Gasteiger partial charge in [0.25, 0.3) is 0 Å². The highest BCUT2D eigenvalue weighted by molar-refractivity contribution is 7.13. The maximum atomic E-state index is 14.0. The van der Waals surface area contributed by atoms with Crippen LogP contribution < -0.4 is 30.2 Å². The smallest absolute Gasteiger partial charge is 0.246 e. The van der Waals surface area contributed by atoms with Gasteiger partial charge in [-0.3, -0.25) is 29.1 Å². The lowest BCUT2D eigenvalue weighted by Crippen LogP contribution is -2.57. The number of anilines is 2. The Hall–Kier alpha value is -6.23. The molecule has 448 valence electrons. The number of nitriles is 1. The molecule has 4 N–H and O–H groups in total. The predicted octanol–water partition coefficient (Wildman–Crippen LogP) is 11.8. The summed E-state index contributed by atoms with van der Waals surface area (Å²) in [6, 6.07) is 15.4. The number of unbranched alkanes of at least 4 members (excludes halogenated alkanes) is 11. The van der Waals surface area contributed by atoms with Crippen LogP contribution in [0.3, 0.4) is 0 Å². The second-order valence-corrected chi connectivity index (χ2v) is 24.6. The molecule has 4 amide bonds. The highest BCUT2D eigenvalue weighted by atomic mass is 35.5. The summed E-state index contributed by atoms with van der Waals surface area (Å²) in [4.78, 5) is 69.6. The van der Waals surface area contributed by atoms with Crippen LogP contribution in [0.15, 0.2) is 60.2 Å². The number of benzene rings is 3. The number of pyridine rings is 1. The molecule has 2 unspecified atom stereocenters. The highest BCUT2D eigenvalue weighted by Crippen LogP contribution is 2.41. The first-order valence-electron chi connectivity index (χ1n) is 29.4. The zero-order valence-electron chi connectivity index (χ0n) is 49.1. The number of halogens is 2. The summed E-state index contributed by atoms with van der Waals surface area (Å²) in [6.45, 7) is 12.5. The number of likely N-dealkylation sites (tertiary alicyclic amines) is 1. The van der Waals surface area contributed by atoms with Gasteiger partial charge in [-0.05, 0) is 54.9 Å². The Morgan fingerprint density at radius 3 is 2.08 bits per heavy atom. The Kier molecular flexibility index (Phi) is 24.5. The maximum Gasteiger partial charge on any atom is 0.246 e. The van der Waals surface area contributed by atoms with Crippen LogP contribution in [0.5, 0.6) is 17.2 Å². The molecule has 3 aromatic carbocycles. The molecular formula is C63H83Cl2N9O8S. The number of nitrogens with one attached hydrogen (secondary N) is 3. The number of carbonyl (C=O) groups is 4. The number of nitrogens with zero attached hydrogens (tertiary/aromatic N) is 6. The molecule has 2 saturated heterocycles. The molecule has 0 radical (unpaired) electrons. The third kappa shape index (κ3) is 18.4. The fourth-order valence-electron chi connectivity index (χ4n) is 10.8. The third-order valence-corrected chi connectivity index (χ3v) is 17.2. The van der Waals surface area contributed by atoms with Crippen molar-refractivity contribution in [1.29, 1.82) is 5.26 Å². The third-order valence-electron chi connectivity index (χ3n) is 15.6. The number of rotatable bonds is 30. The number of hydrogen-bond donors (Lipinski definition) is 4. The van der Waals surface area contributed by atoms with Gasteiger partial charge in [-0.1, -0.05) is 132 Å². The lowest BCUT2D eigenvalue weighted by atomic mass is 9.85. The molecule has 3 atom stereocenters. The molecule has 4 heterocycles. The van der Waals surface area contributed by atoms with Crippen LogP contribution in [0.4, 0.5) is 11.4 Å². The molecule has 0 bridgehead atoms. The van der Waals surface area contributed by atoms with E-state index in [9.17, 15) is 29.5 Å². The van der Waals surface area contributed by atoms with Gasteiger partial charge >= 0.3 is 0 Å². The van der Waals surface area contributed by atoms with Crippen molar-refractivity contribution >= 4 is 80.4 Å². The van der Waals surface area contributed by atoms with Crippen molar-refractivity contribution in [2.45, 2.75) is 155 Å². The van der Waals surface area contributed by atoms with Gasteiger partial charge in [-0.25, -0.2) is 4.98 Å². The lowest BCUT2D eigenvalue weighted by Gasteiger charge is -2.35. The minimum absolute atomic E-state index is 0.0384. The number of aliphatic hydroxyl groups is 1. The average molecular weight is 1200 g/mol. The molecule has 2 aliphatic heterocycles. The predicted molar refractivity (Wildman–Crippen MR) is 329 cm³/mol. The number of methoxy groups -OCH3 is 2. The fourth-order valence-corrected chi connectivity index (χ4v) is 12.1. The monoisotopic (exact) mass is 1200 g/mol. The number of β-amino-alcohol motifs (C(OH)–C–C–N with tert-alkyl or cyclic N) is 1. The minimum atomic E-state index is -0.840. The van der Waals surface area contributed by atoms with E-state index in [-0.39, 0.29) is 43.1 Å². The summed E-state index contributed by atoms with van der Waals surface area (Å²) in [5.41, 5.74) is 6.14. The molecule has 83 heavy (non-hydrogen) atoms. The standard InChI is InChI=1S/C63H83Cl2N9O8S/c1-42-59(83-41-69-42)44-24-22-43(23-25-44)38-68-61(78)52-32-46(75)40-74(52)62(79)60(63(2,3)4)71-56(76)20-17-15-13-11-9-7-8-10-12-14-16-18-21-57(77)73-29-27-72(28-30-73)26-19-31-82-55-35-50-47(33-54(55)81-6)58(45(37-66)39-67-50)70-51-36-53(80-5)49(65)34-48(51)64/h22-25,33-36,39,41,46,52,60,75H,7-21,26-32,38,40H2,1-6H3,(H,67,70)(H,68,78)(H,71,76)/t46?,52?,60-/m1/s1. The van der Waals surface area contributed by atoms with E-state index in [1.807, 2.05) is 68.4 Å². The summed E-state index contributed by atoms with van der Waals surface area (Å²) < 4.78 is 17.3. The first-order chi connectivity index (χ1) is 40.0. The number of piperazine rings is 1. The number of aliphatic hydroxyl groups excluding tert-OH is 1. The minimum Gasteiger partial charge on any atom is -0.495 e. The van der Waals surface area contributed by atoms with Crippen LogP contribution in [0, 0.1) is 23.7 Å². The Morgan fingerprint density at radius 1 is 0.819 bits per heavy atom. The van der Waals surface area contributed by atoms with Crippen LogP contribution in [-0.4, -0.2) is 132 Å². The topological polar surface area (TPSA) is 212 Å². The second-order valence-electron chi connectivity index (χ2n) is 22.9. The van der Waals surface area contributed by atoms with Crippen LogP contribution in [0.2, 0.25) is 10.0 Å². The van der Waals surface area contributed by atoms with Crippen LogP contribution in [0.25, 0.3) is 21.3 Å². The molecule has 2 aromatic heterocycles. The van der Waals surface area contributed by atoms with Gasteiger partial charge < -0.3 is 45.1 Å². The normalized spacial score (nSPS) is 15.9. The summed E-state index contributed by atoms with van der Waals surface area (Å²) in [6.07, 6.45) is 15.5. The van der Waals surface area contributed by atoms with E-state index in [1.165, 1.54) is 50.3 Å². The summed E-state index contributed by atoms with van der Waals surface area (Å²) in [7, 11) is 3.09. The Labute approximate surface area is 503 Å². The number of ether oxygens (including phenoxy) is 3. The van der Waals surface area contributed by atoms with Crippen LogP contribution in [-0.2, 0) is 25.7 Å². The molecule has 0 aliphatic carbocycles. The van der Waals surface area contributed by atoms with Crippen molar-refractivity contribution in [1.82, 2.24) is 35.3 Å². The summed E-state index contributed by atoms with van der Waals surface area (Å²) in [5.74, 6) is 0.884. The van der Waals surface area contributed by atoms with E-state index in [4.69, 9.17) is 37.4 Å². The molecule has 2 fully saturated rings. The van der Waals surface area contributed by atoms with Crippen molar-refractivity contribution in [3.63, 3.8) is 0 Å². The van der Waals surface area contributed by atoms with Crippen molar-refractivity contribution in [2.24, 2.45) is 5.41 Å². The molecule has 20 heteroatoms.